The molecular formula is C27H30N2O5. The maximum atomic E-state index is 13.0. The Labute approximate surface area is 198 Å². The van der Waals surface area contributed by atoms with Crippen molar-refractivity contribution in [3.63, 3.8) is 0 Å². The Morgan fingerprint density at radius 1 is 1.00 bits per heavy atom. The van der Waals surface area contributed by atoms with Gasteiger partial charge in [0.25, 0.3) is 0 Å². The molecule has 34 heavy (non-hydrogen) atoms. The highest BCUT2D eigenvalue weighted by atomic mass is 16.5. The van der Waals surface area contributed by atoms with Gasteiger partial charge in [-0.3, -0.25) is 9.59 Å². The first-order chi connectivity index (χ1) is 16.5. The van der Waals surface area contributed by atoms with E-state index in [0.29, 0.717) is 5.92 Å². The zero-order valence-corrected chi connectivity index (χ0v) is 19.1. The number of aliphatic carboxylic acids is 1. The van der Waals surface area contributed by atoms with Crippen LogP contribution < -0.4 is 10.6 Å². The zero-order chi connectivity index (χ0) is 23.7. The minimum Gasteiger partial charge on any atom is -0.481 e. The van der Waals surface area contributed by atoms with Crippen LogP contribution in [0.2, 0.25) is 0 Å². The summed E-state index contributed by atoms with van der Waals surface area (Å²) < 4.78 is 5.58. The summed E-state index contributed by atoms with van der Waals surface area (Å²) >= 11 is 0. The van der Waals surface area contributed by atoms with E-state index in [4.69, 9.17) is 9.84 Å². The van der Waals surface area contributed by atoms with Crippen LogP contribution in [0.3, 0.4) is 0 Å². The van der Waals surface area contributed by atoms with Crippen LogP contribution >= 0.6 is 0 Å². The van der Waals surface area contributed by atoms with Gasteiger partial charge < -0.3 is 20.5 Å². The summed E-state index contributed by atoms with van der Waals surface area (Å²) in [5.74, 6) is -0.921. The number of carboxylic acid groups (broad SMARTS) is 1. The van der Waals surface area contributed by atoms with Crippen LogP contribution in [0, 0.1) is 5.92 Å². The van der Waals surface area contributed by atoms with Gasteiger partial charge in [0.1, 0.15) is 12.6 Å². The van der Waals surface area contributed by atoms with Crippen molar-refractivity contribution in [1.29, 1.82) is 0 Å². The van der Waals surface area contributed by atoms with Gasteiger partial charge in [0, 0.05) is 17.9 Å². The van der Waals surface area contributed by atoms with Crippen molar-refractivity contribution in [2.45, 2.75) is 62.4 Å². The summed E-state index contributed by atoms with van der Waals surface area (Å²) in [6.45, 7) is 0.138. The molecule has 1 unspecified atom stereocenters. The molecular weight excluding hydrogens is 432 g/mol. The van der Waals surface area contributed by atoms with E-state index in [1.165, 1.54) is 6.42 Å². The number of benzene rings is 2. The molecule has 2 amide bonds. The fourth-order valence-electron chi connectivity index (χ4n) is 5.38. The normalized spacial score (nSPS) is 18.7. The van der Waals surface area contributed by atoms with Crippen molar-refractivity contribution in [3.05, 3.63) is 59.7 Å². The first-order valence-corrected chi connectivity index (χ1v) is 12.1. The molecule has 1 atom stereocenters. The number of fused-ring (bicyclic) bond motifs is 3. The number of rotatable bonds is 9. The molecule has 2 aromatic carbocycles. The average Bonchev–Trinajstić information content (AvgIpc) is 3.47. The molecule has 0 saturated heterocycles. The number of carbonyl (C=O) groups excluding carboxylic acids is 2. The number of hydrogen-bond acceptors (Lipinski definition) is 4. The van der Waals surface area contributed by atoms with E-state index in [1.54, 1.807) is 0 Å². The van der Waals surface area contributed by atoms with Gasteiger partial charge in [-0.2, -0.15) is 0 Å². The average molecular weight is 463 g/mol. The van der Waals surface area contributed by atoms with Gasteiger partial charge in [0.15, 0.2) is 0 Å². The maximum absolute atomic E-state index is 13.0. The largest absolute Gasteiger partial charge is 0.481 e. The third-order valence-electron chi connectivity index (χ3n) is 7.65. The fraction of sp³-hybridized carbons (Fsp3) is 0.444. The van der Waals surface area contributed by atoms with E-state index >= 15 is 0 Å². The summed E-state index contributed by atoms with van der Waals surface area (Å²) in [5, 5.41) is 14.9. The first kappa shape index (κ1) is 22.4. The van der Waals surface area contributed by atoms with E-state index in [2.05, 4.69) is 22.8 Å². The maximum Gasteiger partial charge on any atom is 0.407 e. The smallest absolute Gasteiger partial charge is 0.407 e. The lowest BCUT2D eigenvalue weighted by atomic mass is 9.78. The molecule has 3 aliphatic rings. The monoisotopic (exact) mass is 462 g/mol. The number of hydrogen-bond donors (Lipinski definition) is 3. The number of carboxylic acids is 1. The van der Waals surface area contributed by atoms with Crippen LogP contribution in [0.25, 0.3) is 11.1 Å². The summed E-state index contributed by atoms with van der Waals surface area (Å²) in [4.78, 5) is 36.8. The van der Waals surface area contributed by atoms with Gasteiger partial charge in [-0.25, -0.2) is 4.79 Å². The van der Waals surface area contributed by atoms with E-state index in [1.807, 2.05) is 36.4 Å². The third-order valence-corrected chi connectivity index (χ3v) is 7.65. The highest BCUT2D eigenvalue weighted by Crippen LogP contribution is 2.50. The van der Waals surface area contributed by atoms with Crippen LogP contribution in [0.15, 0.2) is 48.5 Å². The minimum atomic E-state index is -1.01. The van der Waals surface area contributed by atoms with Gasteiger partial charge in [-0.05, 0) is 60.3 Å². The number of nitrogens with one attached hydrogen (secondary N) is 2. The van der Waals surface area contributed by atoms with Crippen LogP contribution in [-0.2, 0) is 14.3 Å². The number of ether oxygens (including phenoxy) is 1. The van der Waals surface area contributed by atoms with Crippen molar-refractivity contribution in [2.75, 3.05) is 6.61 Å². The van der Waals surface area contributed by atoms with E-state index in [0.717, 1.165) is 47.9 Å². The molecule has 178 valence electrons. The molecule has 0 bridgehead atoms. The van der Waals surface area contributed by atoms with Crippen molar-refractivity contribution < 1.29 is 24.2 Å². The van der Waals surface area contributed by atoms with Gasteiger partial charge in [-0.1, -0.05) is 55.0 Å². The van der Waals surface area contributed by atoms with Crippen molar-refractivity contribution in [1.82, 2.24) is 10.6 Å². The fourth-order valence-corrected chi connectivity index (χ4v) is 5.38. The number of carbonyl (C=O) groups is 3. The molecule has 3 aliphatic carbocycles. The van der Waals surface area contributed by atoms with E-state index in [-0.39, 0.29) is 36.8 Å². The van der Waals surface area contributed by atoms with Gasteiger partial charge >= 0.3 is 12.1 Å². The topological polar surface area (TPSA) is 105 Å². The molecule has 0 spiro atoms. The van der Waals surface area contributed by atoms with Crippen LogP contribution in [0.1, 0.15) is 62.0 Å². The Balaban J connectivity index is 1.23. The lowest BCUT2D eigenvalue weighted by molar-refractivity contribution is -0.137. The van der Waals surface area contributed by atoms with Crippen LogP contribution in [-0.4, -0.2) is 41.3 Å². The van der Waals surface area contributed by atoms with E-state index < -0.39 is 18.1 Å². The van der Waals surface area contributed by atoms with Crippen molar-refractivity contribution >= 4 is 18.0 Å². The molecule has 5 rings (SSSR count). The van der Waals surface area contributed by atoms with Crippen molar-refractivity contribution in [3.8, 4) is 11.1 Å². The zero-order valence-electron chi connectivity index (χ0n) is 19.1. The molecule has 0 heterocycles. The molecule has 3 N–H and O–H groups in total. The Bertz CT molecular complexity index is 1060. The Hall–Kier alpha value is -3.35. The third kappa shape index (κ3) is 4.39. The molecule has 2 saturated carbocycles. The lowest BCUT2D eigenvalue weighted by Gasteiger charge is -2.35. The highest BCUT2D eigenvalue weighted by Gasteiger charge is 2.52. The quantitative estimate of drug-likeness (QED) is 0.518. The predicted molar refractivity (Wildman–Crippen MR) is 126 cm³/mol. The molecule has 2 fully saturated rings. The molecule has 7 nitrogen and oxygen atoms in total. The summed E-state index contributed by atoms with van der Waals surface area (Å²) in [6, 6.07) is 15.2. The number of alkyl carbamates (subject to hydrolysis) is 1. The van der Waals surface area contributed by atoms with Gasteiger partial charge in [-0.15, -0.1) is 0 Å². The SMILES string of the molecule is O=C(O)CCC(NC(=O)OCC1c2ccccc2-c2ccccc21)C(=O)NC1(C2CCC2)CC1. The van der Waals surface area contributed by atoms with Crippen LogP contribution in [0.4, 0.5) is 4.79 Å². The molecule has 0 aliphatic heterocycles. The minimum absolute atomic E-state index is 0.0199. The Kier molecular flexibility index (Phi) is 6.02. The number of amides is 2. The molecule has 2 aromatic rings. The van der Waals surface area contributed by atoms with Crippen LogP contribution in [0.5, 0.6) is 0 Å². The first-order valence-electron chi connectivity index (χ1n) is 12.1. The second-order valence-electron chi connectivity index (χ2n) is 9.73. The summed E-state index contributed by atoms with van der Waals surface area (Å²) in [5.41, 5.74) is 4.31. The molecule has 7 heteroatoms. The van der Waals surface area contributed by atoms with E-state index in [9.17, 15) is 14.4 Å². The Morgan fingerprint density at radius 2 is 1.62 bits per heavy atom. The molecule has 0 aromatic heterocycles. The summed E-state index contributed by atoms with van der Waals surface area (Å²) in [7, 11) is 0. The molecule has 0 radical (unpaired) electrons. The predicted octanol–water partition coefficient (Wildman–Crippen LogP) is 4.21. The standard InChI is InChI=1S/C27H30N2O5/c30-24(31)13-12-23(25(32)29-27(14-15-27)17-6-5-7-17)28-26(33)34-16-22-20-10-3-1-8-18(20)19-9-2-4-11-21(19)22/h1-4,8-11,17,22-23H,5-7,12-16H2,(H,28,33)(H,29,32)(H,30,31). The van der Waals surface area contributed by atoms with Crippen molar-refractivity contribution in [2.24, 2.45) is 5.92 Å². The van der Waals surface area contributed by atoms with Gasteiger partial charge in [0.2, 0.25) is 5.91 Å². The van der Waals surface area contributed by atoms with Gasteiger partial charge in [0.05, 0.1) is 0 Å². The second-order valence-corrected chi connectivity index (χ2v) is 9.73. The second kappa shape index (κ2) is 9.12. The highest BCUT2D eigenvalue weighted by molar-refractivity contribution is 5.87. The Morgan fingerprint density at radius 3 is 2.15 bits per heavy atom. The lowest BCUT2D eigenvalue weighted by Crippen LogP contribution is -2.53. The summed E-state index contributed by atoms with van der Waals surface area (Å²) in [6.07, 6.45) is 4.40.